The summed E-state index contributed by atoms with van der Waals surface area (Å²) in [7, 11) is 2.03. The van der Waals surface area contributed by atoms with Gasteiger partial charge in [-0.15, -0.1) is 10.2 Å². The van der Waals surface area contributed by atoms with Gasteiger partial charge in [-0.2, -0.15) is 0 Å². The minimum absolute atomic E-state index is 0.506. The van der Waals surface area contributed by atoms with Gasteiger partial charge in [0.25, 0.3) is 5.89 Å². The zero-order valence-electron chi connectivity index (χ0n) is 13.3. The van der Waals surface area contributed by atoms with Crippen LogP contribution in [0.5, 0.6) is 0 Å². The second kappa shape index (κ2) is 6.68. The average molecular weight is 376 g/mol. The summed E-state index contributed by atoms with van der Waals surface area (Å²) < 4.78 is 12.3. The average Bonchev–Trinajstić information content (AvgIpc) is 3.07. The number of aromatic nitrogens is 2. The molecule has 0 amide bonds. The Morgan fingerprint density at radius 2 is 1.78 bits per heavy atom. The van der Waals surface area contributed by atoms with E-state index in [2.05, 4.69) is 43.2 Å². The summed E-state index contributed by atoms with van der Waals surface area (Å²) in [5.41, 5.74) is 2.09. The lowest BCUT2D eigenvalue weighted by Crippen LogP contribution is -2.17. The number of benzene rings is 1. The molecule has 2 heterocycles. The highest BCUT2D eigenvalue weighted by Crippen LogP contribution is 2.25. The minimum Gasteiger partial charge on any atom is -0.466 e. The van der Waals surface area contributed by atoms with Gasteiger partial charge in [-0.1, -0.05) is 28.1 Å². The quantitative estimate of drug-likeness (QED) is 0.663. The van der Waals surface area contributed by atoms with Crippen LogP contribution < -0.4 is 0 Å². The molecule has 2 aromatic heterocycles. The van der Waals surface area contributed by atoms with Gasteiger partial charge in [-0.05, 0) is 44.7 Å². The van der Waals surface area contributed by atoms with Gasteiger partial charge in [0.05, 0.1) is 12.1 Å². The number of hydrogen-bond donors (Lipinski definition) is 0. The molecule has 3 aromatic rings. The Balaban J connectivity index is 1.66. The first-order chi connectivity index (χ1) is 11.0. The van der Waals surface area contributed by atoms with Crippen LogP contribution in [0.3, 0.4) is 0 Å². The number of hydrogen-bond acceptors (Lipinski definition) is 5. The van der Waals surface area contributed by atoms with Crippen LogP contribution in [0, 0.1) is 13.8 Å². The molecule has 6 heteroatoms. The zero-order valence-corrected chi connectivity index (χ0v) is 14.9. The largest absolute Gasteiger partial charge is 0.466 e. The number of halogens is 1. The number of furan rings is 1. The van der Waals surface area contributed by atoms with E-state index in [0.717, 1.165) is 28.1 Å². The molecule has 0 radical (unpaired) electrons. The molecule has 0 atom stereocenters. The third-order valence-corrected chi connectivity index (χ3v) is 4.04. The predicted molar refractivity (Wildman–Crippen MR) is 90.8 cm³/mol. The summed E-state index contributed by atoms with van der Waals surface area (Å²) in [5, 5.41) is 8.25. The zero-order chi connectivity index (χ0) is 16.4. The van der Waals surface area contributed by atoms with E-state index in [0.29, 0.717) is 18.3 Å². The first-order valence-corrected chi connectivity index (χ1v) is 8.13. The van der Waals surface area contributed by atoms with Crippen molar-refractivity contribution < 1.29 is 8.83 Å². The van der Waals surface area contributed by atoms with Crippen molar-refractivity contribution in [1.82, 2.24) is 15.1 Å². The van der Waals surface area contributed by atoms with Crippen molar-refractivity contribution in [1.29, 1.82) is 0 Å². The summed E-state index contributed by atoms with van der Waals surface area (Å²) >= 11 is 3.44. The molecule has 0 N–H and O–H groups in total. The van der Waals surface area contributed by atoms with Gasteiger partial charge in [-0.3, -0.25) is 4.90 Å². The Labute approximate surface area is 143 Å². The molecule has 1 aromatic carbocycles. The van der Waals surface area contributed by atoms with Crippen molar-refractivity contribution in [3.8, 4) is 11.5 Å². The van der Waals surface area contributed by atoms with Crippen LogP contribution in [0.15, 0.2) is 43.6 Å². The molecule has 0 aliphatic carbocycles. The van der Waals surface area contributed by atoms with Gasteiger partial charge < -0.3 is 8.83 Å². The molecular weight excluding hydrogens is 358 g/mol. The summed E-state index contributed by atoms with van der Waals surface area (Å²) in [4.78, 5) is 2.13. The Kier molecular flexibility index (Phi) is 4.63. The van der Waals surface area contributed by atoms with Crippen molar-refractivity contribution in [3.05, 3.63) is 57.8 Å². The smallest absolute Gasteiger partial charge is 0.251 e. The topological polar surface area (TPSA) is 55.3 Å². The van der Waals surface area contributed by atoms with Crippen molar-refractivity contribution >= 4 is 15.9 Å². The molecule has 5 nitrogen and oxygen atoms in total. The Bertz CT molecular complexity index is 793. The Morgan fingerprint density at radius 1 is 1.04 bits per heavy atom. The highest BCUT2D eigenvalue weighted by molar-refractivity contribution is 9.10. The lowest BCUT2D eigenvalue weighted by atomic mass is 10.2. The maximum absolute atomic E-state index is 5.76. The second-order valence-corrected chi connectivity index (χ2v) is 6.54. The van der Waals surface area contributed by atoms with E-state index in [1.807, 2.05) is 39.1 Å². The molecular formula is C17H18BrN3O2. The molecule has 0 aliphatic heterocycles. The maximum atomic E-state index is 5.76. The summed E-state index contributed by atoms with van der Waals surface area (Å²) in [6, 6.07) is 10.2. The number of rotatable bonds is 5. The standard InChI is InChI=1S/C17H18BrN3O2/c1-11-8-15(12(2)22-11)17-20-19-16(23-17)10-21(3)9-13-4-6-14(18)7-5-13/h4-8H,9-10H2,1-3H3. The van der Waals surface area contributed by atoms with Crippen molar-refractivity contribution in [3.63, 3.8) is 0 Å². The van der Waals surface area contributed by atoms with E-state index < -0.39 is 0 Å². The predicted octanol–water partition coefficient (Wildman–Crippen LogP) is 4.34. The van der Waals surface area contributed by atoms with E-state index in [-0.39, 0.29) is 0 Å². The fourth-order valence-electron chi connectivity index (χ4n) is 2.46. The van der Waals surface area contributed by atoms with E-state index in [1.165, 1.54) is 5.56 Å². The van der Waals surface area contributed by atoms with Gasteiger partial charge >= 0.3 is 0 Å². The summed E-state index contributed by atoms with van der Waals surface area (Å²) in [6.07, 6.45) is 0. The molecule has 0 bridgehead atoms. The lowest BCUT2D eigenvalue weighted by Gasteiger charge is -2.14. The van der Waals surface area contributed by atoms with E-state index in [9.17, 15) is 0 Å². The molecule has 0 fully saturated rings. The van der Waals surface area contributed by atoms with Gasteiger partial charge in [0, 0.05) is 11.0 Å². The first-order valence-electron chi connectivity index (χ1n) is 7.34. The van der Waals surface area contributed by atoms with Gasteiger partial charge in [0.15, 0.2) is 0 Å². The minimum atomic E-state index is 0.506. The van der Waals surface area contributed by atoms with E-state index >= 15 is 0 Å². The fourth-order valence-corrected chi connectivity index (χ4v) is 2.72. The number of aryl methyl sites for hydroxylation is 2. The molecule has 0 unspecified atom stereocenters. The second-order valence-electron chi connectivity index (χ2n) is 5.63. The first kappa shape index (κ1) is 16.0. The highest BCUT2D eigenvalue weighted by atomic mass is 79.9. The monoisotopic (exact) mass is 375 g/mol. The van der Waals surface area contributed by atoms with Crippen LogP contribution in [0.2, 0.25) is 0 Å². The third-order valence-electron chi connectivity index (χ3n) is 3.51. The lowest BCUT2D eigenvalue weighted by molar-refractivity contribution is 0.283. The van der Waals surface area contributed by atoms with Gasteiger partial charge in [-0.25, -0.2) is 0 Å². The molecule has 3 rings (SSSR count). The molecule has 0 aliphatic rings. The van der Waals surface area contributed by atoms with Crippen LogP contribution in [0.4, 0.5) is 0 Å². The molecule has 23 heavy (non-hydrogen) atoms. The van der Waals surface area contributed by atoms with Crippen LogP contribution in [0.1, 0.15) is 23.0 Å². The van der Waals surface area contributed by atoms with Crippen molar-refractivity contribution in [2.75, 3.05) is 7.05 Å². The molecule has 0 saturated heterocycles. The van der Waals surface area contributed by atoms with Gasteiger partial charge in [0.2, 0.25) is 5.89 Å². The molecule has 120 valence electrons. The van der Waals surface area contributed by atoms with Crippen LogP contribution >= 0.6 is 15.9 Å². The fraction of sp³-hybridized carbons (Fsp3) is 0.294. The van der Waals surface area contributed by atoms with Crippen molar-refractivity contribution in [2.45, 2.75) is 26.9 Å². The third kappa shape index (κ3) is 3.89. The molecule has 0 saturated carbocycles. The number of nitrogens with zero attached hydrogens (tertiary/aromatic N) is 3. The molecule has 0 spiro atoms. The van der Waals surface area contributed by atoms with E-state index in [4.69, 9.17) is 8.83 Å². The SMILES string of the molecule is Cc1cc(-c2nnc(CN(C)Cc3ccc(Br)cc3)o2)c(C)o1. The normalized spacial score (nSPS) is 11.3. The maximum Gasteiger partial charge on any atom is 0.251 e. The van der Waals surface area contributed by atoms with E-state index in [1.54, 1.807) is 0 Å². The summed E-state index contributed by atoms with van der Waals surface area (Å²) in [6.45, 7) is 5.21. The van der Waals surface area contributed by atoms with Crippen LogP contribution in [0.25, 0.3) is 11.5 Å². The highest BCUT2D eigenvalue weighted by Gasteiger charge is 2.15. The summed E-state index contributed by atoms with van der Waals surface area (Å²) in [5.74, 6) is 2.73. The Morgan fingerprint density at radius 3 is 2.43 bits per heavy atom. The van der Waals surface area contributed by atoms with Crippen LogP contribution in [-0.4, -0.2) is 22.1 Å². The van der Waals surface area contributed by atoms with Crippen LogP contribution in [-0.2, 0) is 13.1 Å². The van der Waals surface area contributed by atoms with Crippen molar-refractivity contribution in [2.24, 2.45) is 0 Å². The van der Waals surface area contributed by atoms with Gasteiger partial charge in [0.1, 0.15) is 11.5 Å². The Hall–Kier alpha value is -1.92.